The monoisotopic (exact) mass is 302 g/mol. The summed E-state index contributed by atoms with van der Waals surface area (Å²) in [7, 11) is 0. The van der Waals surface area contributed by atoms with Crippen LogP contribution in [0.5, 0.6) is 5.75 Å². The lowest BCUT2D eigenvalue weighted by atomic mass is 10.1. The van der Waals surface area contributed by atoms with Gasteiger partial charge in [0.2, 0.25) is 0 Å². The van der Waals surface area contributed by atoms with Crippen LogP contribution in [0.25, 0.3) is 0 Å². The summed E-state index contributed by atoms with van der Waals surface area (Å²) in [5.41, 5.74) is 1.14. The fraction of sp³-hybridized carbons (Fsp3) is 0.125. The number of anilines is 1. The largest absolute Gasteiger partial charge is 0.505 e. The van der Waals surface area contributed by atoms with Crippen molar-refractivity contribution in [1.82, 2.24) is 5.32 Å². The van der Waals surface area contributed by atoms with E-state index in [2.05, 4.69) is 10.6 Å². The average Bonchev–Trinajstić information content (AvgIpc) is 2.52. The predicted octanol–water partition coefficient (Wildman–Crippen LogP) is 1.83. The first-order valence-corrected chi connectivity index (χ1v) is 6.68. The molecule has 5 nitrogen and oxygen atoms in total. The van der Waals surface area contributed by atoms with Crippen molar-refractivity contribution < 1.29 is 19.1 Å². The SMILES string of the molecule is O=C(NCCc1ccccc1)C(=O)Nc1ccc(O)c(F)c1. The van der Waals surface area contributed by atoms with E-state index in [1.54, 1.807) is 0 Å². The number of phenolic OH excluding ortho intramolecular Hbond substituents is 1. The average molecular weight is 302 g/mol. The molecule has 0 unspecified atom stereocenters. The van der Waals surface area contributed by atoms with Crippen LogP contribution in [-0.4, -0.2) is 23.5 Å². The Morgan fingerprint density at radius 3 is 2.45 bits per heavy atom. The number of carbonyl (C=O) groups excluding carboxylic acids is 2. The summed E-state index contributed by atoms with van der Waals surface area (Å²) in [6, 6.07) is 12.9. The highest BCUT2D eigenvalue weighted by Crippen LogP contribution is 2.19. The highest BCUT2D eigenvalue weighted by molar-refractivity contribution is 6.39. The third-order valence-corrected chi connectivity index (χ3v) is 2.95. The molecule has 6 heteroatoms. The van der Waals surface area contributed by atoms with E-state index in [4.69, 9.17) is 5.11 Å². The fourth-order valence-electron chi connectivity index (χ4n) is 1.82. The zero-order chi connectivity index (χ0) is 15.9. The summed E-state index contributed by atoms with van der Waals surface area (Å²) in [6.45, 7) is 0.320. The highest BCUT2D eigenvalue weighted by atomic mass is 19.1. The van der Waals surface area contributed by atoms with E-state index in [0.29, 0.717) is 13.0 Å². The van der Waals surface area contributed by atoms with Gasteiger partial charge in [-0.3, -0.25) is 9.59 Å². The Morgan fingerprint density at radius 2 is 1.77 bits per heavy atom. The van der Waals surface area contributed by atoms with Crippen molar-refractivity contribution in [2.45, 2.75) is 6.42 Å². The Morgan fingerprint density at radius 1 is 1.05 bits per heavy atom. The third-order valence-electron chi connectivity index (χ3n) is 2.95. The smallest absolute Gasteiger partial charge is 0.313 e. The van der Waals surface area contributed by atoms with E-state index in [-0.39, 0.29) is 5.69 Å². The normalized spacial score (nSPS) is 10.0. The molecule has 2 amide bonds. The van der Waals surface area contributed by atoms with Gasteiger partial charge in [-0.1, -0.05) is 30.3 Å². The maximum atomic E-state index is 13.1. The molecule has 114 valence electrons. The molecule has 0 saturated heterocycles. The van der Waals surface area contributed by atoms with Gasteiger partial charge in [0.15, 0.2) is 11.6 Å². The number of carbonyl (C=O) groups is 2. The molecule has 0 atom stereocenters. The van der Waals surface area contributed by atoms with E-state index in [1.165, 1.54) is 6.07 Å². The summed E-state index contributed by atoms with van der Waals surface area (Å²) in [5, 5.41) is 13.8. The molecular weight excluding hydrogens is 287 g/mol. The van der Waals surface area contributed by atoms with Crippen molar-refractivity contribution in [1.29, 1.82) is 0 Å². The Hall–Kier alpha value is -2.89. The van der Waals surface area contributed by atoms with Gasteiger partial charge < -0.3 is 15.7 Å². The second-order valence-corrected chi connectivity index (χ2v) is 4.61. The van der Waals surface area contributed by atoms with Crippen molar-refractivity contribution in [3.63, 3.8) is 0 Å². The minimum atomic E-state index is -0.891. The Labute approximate surface area is 126 Å². The first-order chi connectivity index (χ1) is 10.6. The van der Waals surface area contributed by atoms with Crippen LogP contribution in [0.4, 0.5) is 10.1 Å². The third kappa shape index (κ3) is 4.31. The van der Waals surface area contributed by atoms with Crippen LogP contribution in [0, 0.1) is 5.82 Å². The first-order valence-electron chi connectivity index (χ1n) is 6.68. The van der Waals surface area contributed by atoms with Gasteiger partial charge >= 0.3 is 11.8 Å². The van der Waals surface area contributed by atoms with E-state index >= 15 is 0 Å². The molecule has 0 heterocycles. The van der Waals surface area contributed by atoms with Crippen LogP contribution in [0.1, 0.15) is 5.56 Å². The number of halogens is 1. The minimum absolute atomic E-state index is 0.0958. The Kier molecular flexibility index (Phi) is 5.08. The Balaban J connectivity index is 1.82. The molecule has 2 aromatic rings. The molecule has 22 heavy (non-hydrogen) atoms. The zero-order valence-corrected chi connectivity index (χ0v) is 11.7. The van der Waals surface area contributed by atoms with Gasteiger partial charge in [0.1, 0.15) is 0 Å². The lowest BCUT2D eigenvalue weighted by molar-refractivity contribution is -0.136. The van der Waals surface area contributed by atoms with Gasteiger partial charge in [0.25, 0.3) is 0 Å². The zero-order valence-electron chi connectivity index (χ0n) is 11.7. The van der Waals surface area contributed by atoms with Gasteiger partial charge in [-0.05, 0) is 24.1 Å². The second-order valence-electron chi connectivity index (χ2n) is 4.61. The van der Waals surface area contributed by atoms with Crippen molar-refractivity contribution in [3.8, 4) is 5.75 Å². The van der Waals surface area contributed by atoms with Crippen LogP contribution in [-0.2, 0) is 16.0 Å². The number of hydrogen-bond acceptors (Lipinski definition) is 3. The maximum absolute atomic E-state index is 13.1. The molecule has 0 saturated carbocycles. The number of benzene rings is 2. The van der Waals surface area contributed by atoms with Gasteiger partial charge in [0.05, 0.1) is 0 Å². The van der Waals surface area contributed by atoms with Gasteiger partial charge in [-0.2, -0.15) is 0 Å². The molecular formula is C16H15FN2O3. The van der Waals surface area contributed by atoms with Crippen LogP contribution in [0.15, 0.2) is 48.5 Å². The number of aromatic hydroxyl groups is 1. The molecule has 0 aliphatic heterocycles. The van der Waals surface area contributed by atoms with E-state index in [0.717, 1.165) is 17.7 Å². The van der Waals surface area contributed by atoms with Crippen LogP contribution < -0.4 is 10.6 Å². The van der Waals surface area contributed by atoms with Crippen molar-refractivity contribution in [2.24, 2.45) is 0 Å². The highest BCUT2D eigenvalue weighted by Gasteiger charge is 2.13. The molecule has 0 aliphatic rings. The van der Waals surface area contributed by atoms with E-state index in [1.807, 2.05) is 30.3 Å². The molecule has 0 bridgehead atoms. The molecule has 2 rings (SSSR count). The number of rotatable bonds is 4. The summed E-state index contributed by atoms with van der Waals surface area (Å²) >= 11 is 0. The number of nitrogens with one attached hydrogen (secondary N) is 2. The van der Waals surface area contributed by atoms with Gasteiger partial charge in [-0.15, -0.1) is 0 Å². The van der Waals surface area contributed by atoms with E-state index < -0.39 is 23.4 Å². The summed E-state index contributed by atoms with van der Waals surface area (Å²) in [5.74, 6) is -3.09. The summed E-state index contributed by atoms with van der Waals surface area (Å²) in [4.78, 5) is 23.3. The van der Waals surface area contributed by atoms with Crippen LogP contribution in [0.2, 0.25) is 0 Å². The predicted molar refractivity (Wildman–Crippen MR) is 79.9 cm³/mol. The molecule has 0 spiro atoms. The number of phenols is 1. The van der Waals surface area contributed by atoms with Crippen LogP contribution >= 0.6 is 0 Å². The summed E-state index contributed by atoms with van der Waals surface area (Å²) < 4.78 is 13.1. The molecule has 0 aliphatic carbocycles. The van der Waals surface area contributed by atoms with Gasteiger partial charge in [0, 0.05) is 18.3 Å². The quantitative estimate of drug-likeness (QED) is 0.595. The first kappa shape index (κ1) is 15.5. The van der Waals surface area contributed by atoms with E-state index in [9.17, 15) is 14.0 Å². The molecule has 0 aromatic heterocycles. The molecule has 0 fully saturated rings. The minimum Gasteiger partial charge on any atom is -0.505 e. The van der Waals surface area contributed by atoms with Crippen molar-refractivity contribution in [3.05, 3.63) is 59.9 Å². The Bertz CT molecular complexity index is 674. The van der Waals surface area contributed by atoms with Crippen LogP contribution in [0.3, 0.4) is 0 Å². The lowest BCUT2D eigenvalue weighted by Gasteiger charge is -2.07. The second kappa shape index (κ2) is 7.21. The van der Waals surface area contributed by atoms with Crippen molar-refractivity contribution >= 4 is 17.5 Å². The standard InChI is InChI=1S/C16H15FN2O3/c17-13-10-12(6-7-14(13)20)19-16(22)15(21)18-9-8-11-4-2-1-3-5-11/h1-7,10,20H,8-9H2,(H,18,21)(H,19,22). The number of hydrogen-bond donors (Lipinski definition) is 3. The summed E-state index contributed by atoms with van der Waals surface area (Å²) in [6.07, 6.45) is 0.605. The molecule has 2 aromatic carbocycles. The topological polar surface area (TPSA) is 78.4 Å². The number of amides is 2. The van der Waals surface area contributed by atoms with Crippen molar-refractivity contribution in [2.75, 3.05) is 11.9 Å². The molecule has 0 radical (unpaired) electrons. The molecule has 3 N–H and O–H groups in total. The maximum Gasteiger partial charge on any atom is 0.313 e. The van der Waals surface area contributed by atoms with Gasteiger partial charge in [-0.25, -0.2) is 4.39 Å². The fourth-order valence-corrected chi connectivity index (χ4v) is 1.82. The lowest BCUT2D eigenvalue weighted by Crippen LogP contribution is -2.36.